The second kappa shape index (κ2) is 4.95. The van der Waals surface area contributed by atoms with Crippen LogP contribution in [0.2, 0.25) is 0 Å². The smallest absolute Gasteiger partial charge is 0.219 e. The minimum absolute atomic E-state index is 0.0276. The van der Waals surface area contributed by atoms with E-state index in [1.165, 1.54) is 12.3 Å². The quantitative estimate of drug-likeness (QED) is 0.873. The first-order valence-electron chi connectivity index (χ1n) is 5.59. The van der Waals surface area contributed by atoms with Gasteiger partial charge in [0, 0.05) is 31.8 Å². The first kappa shape index (κ1) is 11.6. The predicted octanol–water partition coefficient (Wildman–Crippen LogP) is 1.54. The van der Waals surface area contributed by atoms with E-state index < -0.39 is 0 Å². The maximum Gasteiger partial charge on any atom is 0.219 e. The van der Waals surface area contributed by atoms with E-state index in [1.54, 1.807) is 16.7 Å². The van der Waals surface area contributed by atoms with Crippen LogP contribution in [0.25, 0.3) is 5.65 Å². The molecule has 1 N–H and O–H groups in total. The molecule has 5 heteroatoms. The second-order valence-corrected chi connectivity index (χ2v) is 3.80. The fourth-order valence-corrected chi connectivity index (χ4v) is 1.59. The van der Waals surface area contributed by atoms with Gasteiger partial charge < -0.3 is 9.72 Å². The topological polar surface area (TPSA) is 46.4 Å². The molecule has 0 radical (unpaired) electrons. The Bertz CT molecular complexity index is 536. The van der Waals surface area contributed by atoms with Gasteiger partial charge in [0.15, 0.2) is 0 Å². The number of hydrogen-bond donors (Lipinski definition) is 1. The van der Waals surface area contributed by atoms with Crippen molar-refractivity contribution >= 4 is 11.6 Å². The number of amides is 1. The zero-order valence-electron chi connectivity index (χ0n) is 9.61. The van der Waals surface area contributed by atoms with Crippen LogP contribution in [0.4, 0.5) is 4.39 Å². The van der Waals surface area contributed by atoms with E-state index in [0.29, 0.717) is 25.0 Å². The van der Waals surface area contributed by atoms with Crippen molar-refractivity contribution in [2.24, 2.45) is 0 Å². The van der Waals surface area contributed by atoms with E-state index in [2.05, 4.69) is 10.3 Å². The molecule has 2 heterocycles. The summed E-state index contributed by atoms with van der Waals surface area (Å²) < 4.78 is 14.6. The molecule has 90 valence electrons. The molecular formula is C12H14FN3O. The number of aromatic nitrogens is 2. The number of carbonyl (C=O) groups is 1. The van der Waals surface area contributed by atoms with E-state index in [4.69, 9.17) is 0 Å². The Balaban J connectivity index is 2.02. The van der Waals surface area contributed by atoms with Crippen LogP contribution in [0.1, 0.15) is 19.0 Å². The van der Waals surface area contributed by atoms with Crippen molar-refractivity contribution in [1.29, 1.82) is 0 Å². The Hall–Kier alpha value is -1.91. The average molecular weight is 235 g/mol. The molecule has 2 aromatic rings. The molecule has 0 aliphatic heterocycles. The van der Waals surface area contributed by atoms with Crippen molar-refractivity contribution in [2.45, 2.75) is 19.8 Å². The Morgan fingerprint density at radius 1 is 1.47 bits per heavy atom. The van der Waals surface area contributed by atoms with Gasteiger partial charge in [-0.15, -0.1) is 0 Å². The fraction of sp³-hybridized carbons (Fsp3) is 0.333. The molecular weight excluding hydrogens is 221 g/mol. The number of nitrogens with one attached hydrogen (secondary N) is 1. The number of nitrogens with zero attached hydrogens (tertiary/aromatic N) is 2. The molecule has 0 aliphatic rings. The maximum absolute atomic E-state index is 12.9. The van der Waals surface area contributed by atoms with Gasteiger partial charge in [-0.25, -0.2) is 9.37 Å². The lowest BCUT2D eigenvalue weighted by atomic mass is 10.3. The minimum Gasteiger partial charge on any atom is -0.356 e. The molecule has 0 saturated heterocycles. The highest BCUT2D eigenvalue weighted by Crippen LogP contribution is 2.07. The van der Waals surface area contributed by atoms with Gasteiger partial charge >= 0.3 is 0 Å². The van der Waals surface area contributed by atoms with Crippen molar-refractivity contribution in [3.05, 3.63) is 36.0 Å². The minimum atomic E-state index is -0.291. The molecule has 2 aromatic heterocycles. The molecule has 17 heavy (non-hydrogen) atoms. The number of rotatable bonds is 4. The highest BCUT2D eigenvalue weighted by atomic mass is 19.1. The number of pyridine rings is 1. The van der Waals surface area contributed by atoms with Crippen LogP contribution in [-0.2, 0) is 11.2 Å². The summed E-state index contributed by atoms with van der Waals surface area (Å²) in [4.78, 5) is 15.4. The van der Waals surface area contributed by atoms with Crippen molar-refractivity contribution in [1.82, 2.24) is 14.7 Å². The van der Waals surface area contributed by atoms with Gasteiger partial charge in [-0.1, -0.05) is 6.92 Å². The number of fused-ring (bicyclic) bond motifs is 1. The molecule has 0 bridgehead atoms. The van der Waals surface area contributed by atoms with E-state index in [9.17, 15) is 9.18 Å². The summed E-state index contributed by atoms with van der Waals surface area (Å²) >= 11 is 0. The van der Waals surface area contributed by atoms with Crippen molar-refractivity contribution in [2.75, 3.05) is 6.54 Å². The molecule has 4 nitrogen and oxygen atoms in total. The van der Waals surface area contributed by atoms with Crippen LogP contribution in [0.15, 0.2) is 24.5 Å². The first-order valence-corrected chi connectivity index (χ1v) is 5.59. The first-order chi connectivity index (χ1) is 8.19. The van der Waals surface area contributed by atoms with Crippen molar-refractivity contribution < 1.29 is 9.18 Å². The molecule has 0 aliphatic carbocycles. The Morgan fingerprint density at radius 3 is 3.06 bits per heavy atom. The highest BCUT2D eigenvalue weighted by Gasteiger charge is 2.03. The zero-order valence-corrected chi connectivity index (χ0v) is 9.61. The van der Waals surface area contributed by atoms with Crippen LogP contribution in [-0.4, -0.2) is 21.8 Å². The number of imidazole rings is 1. The summed E-state index contributed by atoms with van der Waals surface area (Å²) in [6, 6.07) is 3.01. The third-order valence-electron chi connectivity index (χ3n) is 2.49. The van der Waals surface area contributed by atoms with Crippen molar-refractivity contribution in [3.63, 3.8) is 0 Å². The molecule has 0 atom stereocenters. The average Bonchev–Trinajstić information content (AvgIpc) is 2.70. The van der Waals surface area contributed by atoms with Crippen LogP contribution >= 0.6 is 0 Å². The number of hydrogen-bond acceptors (Lipinski definition) is 2. The van der Waals surface area contributed by atoms with Crippen LogP contribution in [0, 0.1) is 5.82 Å². The van der Waals surface area contributed by atoms with Gasteiger partial charge in [0.2, 0.25) is 5.91 Å². The van der Waals surface area contributed by atoms with Gasteiger partial charge in [0.1, 0.15) is 11.5 Å². The largest absolute Gasteiger partial charge is 0.356 e. The van der Waals surface area contributed by atoms with Crippen LogP contribution in [0.5, 0.6) is 0 Å². The highest BCUT2D eigenvalue weighted by molar-refractivity contribution is 5.75. The normalized spacial score (nSPS) is 10.7. The summed E-state index contributed by atoms with van der Waals surface area (Å²) in [6.07, 6.45) is 4.29. The summed E-state index contributed by atoms with van der Waals surface area (Å²) in [5.41, 5.74) is 1.55. The van der Waals surface area contributed by atoms with Crippen molar-refractivity contribution in [3.8, 4) is 0 Å². The number of carbonyl (C=O) groups excluding carboxylic acids is 1. The lowest BCUT2D eigenvalue weighted by Gasteiger charge is -2.00. The molecule has 1 amide bonds. The van der Waals surface area contributed by atoms with Gasteiger partial charge in [-0.05, 0) is 12.1 Å². The Morgan fingerprint density at radius 2 is 2.29 bits per heavy atom. The number of halogens is 1. The van der Waals surface area contributed by atoms with Gasteiger partial charge in [-0.3, -0.25) is 4.79 Å². The van der Waals surface area contributed by atoms with E-state index in [0.717, 1.165) is 5.69 Å². The summed E-state index contributed by atoms with van der Waals surface area (Å²) in [7, 11) is 0. The third kappa shape index (κ3) is 2.81. The Kier molecular flexibility index (Phi) is 3.37. The summed E-state index contributed by atoms with van der Waals surface area (Å²) in [5.74, 6) is -0.263. The van der Waals surface area contributed by atoms with Gasteiger partial charge in [-0.2, -0.15) is 0 Å². The zero-order chi connectivity index (χ0) is 12.3. The lowest BCUT2D eigenvalue weighted by Crippen LogP contribution is -2.24. The summed E-state index contributed by atoms with van der Waals surface area (Å²) in [6.45, 7) is 2.36. The molecule has 0 aromatic carbocycles. The molecule has 0 fully saturated rings. The van der Waals surface area contributed by atoms with E-state index in [1.807, 2.05) is 6.92 Å². The standard InChI is InChI=1S/C12H14FN3O/c1-2-12(17)14-6-5-10-8-16-7-9(13)3-4-11(16)15-10/h3-4,7-8H,2,5-6H2,1H3,(H,14,17). The van der Waals surface area contributed by atoms with E-state index in [-0.39, 0.29) is 11.7 Å². The molecule has 0 spiro atoms. The molecule has 0 saturated carbocycles. The molecule has 0 unspecified atom stereocenters. The summed E-state index contributed by atoms with van der Waals surface area (Å²) in [5, 5.41) is 2.77. The predicted molar refractivity (Wildman–Crippen MR) is 62.2 cm³/mol. The fourth-order valence-electron chi connectivity index (χ4n) is 1.59. The van der Waals surface area contributed by atoms with Crippen LogP contribution in [0.3, 0.4) is 0 Å². The lowest BCUT2D eigenvalue weighted by molar-refractivity contribution is -0.120. The SMILES string of the molecule is CCC(=O)NCCc1cn2cc(F)ccc2n1. The maximum atomic E-state index is 12.9. The van der Waals surface area contributed by atoms with Gasteiger partial charge in [0.05, 0.1) is 5.69 Å². The molecule has 2 rings (SSSR count). The Labute approximate surface area is 98.5 Å². The van der Waals surface area contributed by atoms with E-state index >= 15 is 0 Å². The monoisotopic (exact) mass is 235 g/mol. The second-order valence-electron chi connectivity index (χ2n) is 3.80. The third-order valence-corrected chi connectivity index (χ3v) is 2.49. The van der Waals surface area contributed by atoms with Crippen LogP contribution < -0.4 is 5.32 Å². The van der Waals surface area contributed by atoms with Gasteiger partial charge in [0.25, 0.3) is 0 Å².